The molecular weight excluding hydrogens is 210 g/mol. The highest BCUT2D eigenvalue weighted by Crippen LogP contribution is 2.25. The van der Waals surface area contributed by atoms with E-state index in [1.165, 1.54) is 11.3 Å². The summed E-state index contributed by atoms with van der Waals surface area (Å²) in [7, 11) is 0. The van der Waals surface area contributed by atoms with E-state index in [9.17, 15) is 0 Å². The van der Waals surface area contributed by atoms with E-state index in [1.807, 2.05) is 12.3 Å². The first-order chi connectivity index (χ1) is 5.75. The maximum atomic E-state index is 4.29. The Hall–Kier alpha value is -0.460. The van der Waals surface area contributed by atoms with E-state index in [0.717, 1.165) is 15.7 Å². The molecule has 0 unspecified atom stereocenters. The standard InChI is InChI=1S/C6H5N3S3/c1-3-7-4(2-11-3)5-8-9-6(10)12-5/h2H,1H3,(H,9,10). The summed E-state index contributed by atoms with van der Waals surface area (Å²) in [6, 6.07) is 0. The monoisotopic (exact) mass is 215 g/mol. The van der Waals surface area contributed by atoms with Crippen LogP contribution in [-0.2, 0) is 0 Å². The topological polar surface area (TPSA) is 38.7 Å². The quantitative estimate of drug-likeness (QED) is 0.742. The van der Waals surface area contributed by atoms with Gasteiger partial charge in [0.1, 0.15) is 5.69 Å². The maximum Gasteiger partial charge on any atom is 0.171 e. The van der Waals surface area contributed by atoms with Crippen molar-refractivity contribution in [2.75, 3.05) is 0 Å². The summed E-state index contributed by atoms with van der Waals surface area (Å²) in [5, 5.41) is 11.6. The molecule has 0 aliphatic heterocycles. The fourth-order valence-corrected chi connectivity index (χ4v) is 2.30. The number of aromatic nitrogens is 3. The molecule has 0 aromatic carbocycles. The van der Waals surface area contributed by atoms with Gasteiger partial charge in [0.2, 0.25) is 0 Å². The predicted octanol–water partition coefficient (Wildman–Crippen LogP) is 2.26. The van der Waals surface area contributed by atoms with Crippen molar-refractivity contribution in [3.05, 3.63) is 10.4 Å². The van der Waals surface area contributed by atoms with Crippen LogP contribution < -0.4 is 0 Å². The van der Waals surface area contributed by atoms with Gasteiger partial charge in [-0.1, -0.05) is 11.3 Å². The lowest BCUT2D eigenvalue weighted by Crippen LogP contribution is -1.76. The Bertz CT molecular complexity index is 354. The smallest absolute Gasteiger partial charge is 0.171 e. The second kappa shape index (κ2) is 3.12. The SMILES string of the molecule is Cc1nc(-c2nnc(S)s2)cs1. The van der Waals surface area contributed by atoms with Gasteiger partial charge in [0.15, 0.2) is 9.35 Å². The summed E-state index contributed by atoms with van der Waals surface area (Å²) < 4.78 is 0.677. The molecule has 6 heteroatoms. The average Bonchev–Trinajstić information content (AvgIpc) is 2.58. The number of thiol groups is 1. The minimum absolute atomic E-state index is 0.677. The summed E-state index contributed by atoms with van der Waals surface area (Å²) in [6.07, 6.45) is 0. The normalized spacial score (nSPS) is 10.5. The van der Waals surface area contributed by atoms with Crippen LogP contribution in [0, 0.1) is 6.92 Å². The van der Waals surface area contributed by atoms with E-state index in [2.05, 4.69) is 27.8 Å². The Morgan fingerprint density at radius 3 is 2.75 bits per heavy atom. The number of hydrogen-bond donors (Lipinski definition) is 1. The molecule has 62 valence electrons. The molecular formula is C6H5N3S3. The molecule has 0 radical (unpaired) electrons. The molecule has 2 rings (SSSR count). The summed E-state index contributed by atoms with van der Waals surface area (Å²) in [4.78, 5) is 4.29. The molecule has 0 amide bonds. The Morgan fingerprint density at radius 1 is 1.42 bits per heavy atom. The first kappa shape index (κ1) is 8.15. The van der Waals surface area contributed by atoms with Crippen molar-refractivity contribution >= 4 is 35.3 Å². The van der Waals surface area contributed by atoms with E-state index in [-0.39, 0.29) is 0 Å². The highest BCUT2D eigenvalue weighted by molar-refractivity contribution is 7.82. The van der Waals surface area contributed by atoms with Crippen LogP contribution in [0.1, 0.15) is 5.01 Å². The van der Waals surface area contributed by atoms with E-state index in [1.54, 1.807) is 11.3 Å². The zero-order valence-corrected chi connectivity index (χ0v) is 8.71. The molecule has 0 fully saturated rings. The van der Waals surface area contributed by atoms with Gasteiger partial charge in [0, 0.05) is 5.38 Å². The van der Waals surface area contributed by atoms with Gasteiger partial charge in [-0.3, -0.25) is 0 Å². The molecule has 0 aliphatic rings. The third kappa shape index (κ3) is 1.50. The van der Waals surface area contributed by atoms with Crippen LogP contribution in [-0.4, -0.2) is 15.2 Å². The minimum atomic E-state index is 0.677. The molecule has 12 heavy (non-hydrogen) atoms. The molecule has 0 aliphatic carbocycles. The van der Waals surface area contributed by atoms with Gasteiger partial charge in [-0.05, 0) is 6.92 Å². The molecule has 0 atom stereocenters. The number of rotatable bonds is 1. The third-order valence-corrected chi connectivity index (χ3v) is 3.14. The van der Waals surface area contributed by atoms with Crippen LogP contribution in [0.5, 0.6) is 0 Å². The minimum Gasteiger partial charge on any atom is -0.239 e. The highest BCUT2D eigenvalue weighted by atomic mass is 32.2. The Labute approximate surface area is 82.9 Å². The van der Waals surface area contributed by atoms with Gasteiger partial charge < -0.3 is 0 Å². The van der Waals surface area contributed by atoms with Crippen LogP contribution in [0.15, 0.2) is 9.72 Å². The van der Waals surface area contributed by atoms with Crippen LogP contribution in [0.25, 0.3) is 10.7 Å². The number of nitrogens with zero attached hydrogens (tertiary/aromatic N) is 3. The van der Waals surface area contributed by atoms with Gasteiger partial charge in [-0.25, -0.2) is 4.98 Å². The van der Waals surface area contributed by atoms with E-state index in [4.69, 9.17) is 0 Å². The van der Waals surface area contributed by atoms with Crippen molar-refractivity contribution in [1.82, 2.24) is 15.2 Å². The van der Waals surface area contributed by atoms with Crippen molar-refractivity contribution < 1.29 is 0 Å². The lowest BCUT2D eigenvalue weighted by atomic mass is 10.5. The Morgan fingerprint density at radius 2 is 2.25 bits per heavy atom. The molecule has 0 saturated carbocycles. The van der Waals surface area contributed by atoms with Crippen LogP contribution in [0.4, 0.5) is 0 Å². The summed E-state index contributed by atoms with van der Waals surface area (Å²) in [5.74, 6) is 0. The molecule has 0 bridgehead atoms. The van der Waals surface area contributed by atoms with Gasteiger partial charge >= 0.3 is 0 Å². The van der Waals surface area contributed by atoms with Crippen molar-refractivity contribution in [1.29, 1.82) is 0 Å². The largest absolute Gasteiger partial charge is 0.239 e. The zero-order valence-electron chi connectivity index (χ0n) is 6.18. The van der Waals surface area contributed by atoms with Gasteiger partial charge in [0.05, 0.1) is 5.01 Å². The van der Waals surface area contributed by atoms with Crippen molar-refractivity contribution in [3.63, 3.8) is 0 Å². The third-order valence-electron chi connectivity index (χ3n) is 1.25. The number of hydrogen-bond acceptors (Lipinski definition) is 6. The summed E-state index contributed by atoms with van der Waals surface area (Å²) in [5.41, 5.74) is 0.898. The van der Waals surface area contributed by atoms with E-state index >= 15 is 0 Å². The van der Waals surface area contributed by atoms with E-state index < -0.39 is 0 Å². The summed E-state index contributed by atoms with van der Waals surface area (Å²) >= 11 is 7.13. The van der Waals surface area contributed by atoms with Crippen molar-refractivity contribution in [3.8, 4) is 10.7 Å². The average molecular weight is 215 g/mol. The second-order valence-corrected chi connectivity index (χ2v) is 4.91. The molecule has 0 spiro atoms. The molecule has 0 saturated heterocycles. The van der Waals surface area contributed by atoms with Crippen LogP contribution in [0.3, 0.4) is 0 Å². The Balaban J connectivity index is 2.43. The zero-order chi connectivity index (χ0) is 8.55. The second-order valence-electron chi connectivity index (χ2n) is 2.14. The molecule has 2 aromatic rings. The maximum absolute atomic E-state index is 4.29. The van der Waals surface area contributed by atoms with E-state index in [0.29, 0.717) is 4.34 Å². The van der Waals surface area contributed by atoms with Crippen molar-refractivity contribution in [2.45, 2.75) is 11.3 Å². The summed E-state index contributed by atoms with van der Waals surface area (Å²) in [6.45, 7) is 1.97. The van der Waals surface area contributed by atoms with Crippen LogP contribution >= 0.6 is 35.3 Å². The highest BCUT2D eigenvalue weighted by Gasteiger charge is 2.06. The first-order valence-corrected chi connectivity index (χ1v) is 5.35. The molecule has 2 aromatic heterocycles. The first-order valence-electron chi connectivity index (χ1n) is 3.20. The number of aryl methyl sites for hydroxylation is 1. The lowest BCUT2D eigenvalue weighted by molar-refractivity contribution is 1.01. The van der Waals surface area contributed by atoms with Crippen molar-refractivity contribution in [2.24, 2.45) is 0 Å². The molecule has 2 heterocycles. The molecule has 3 nitrogen and oxygen atoms in total. The van der Waals surface area contributed by atoms with Gasteiger partial charge in [0.25, 0.3) is 0 Å². The lowest BCUT2D eigenvalue weighted by Gasteiger charge is -1.82. The molecule has 0 N–H and O–H groups in total. The Kier molecular flexibility index (Phi) is 2.12. The van der Waals surface area contributed by atoms with Crippen LogP contribution in [0.2, 0.25) is 0 Å². The van der Waals surface area contributed by atoms with Gasteiger partial charge in [-0.2, -0.15) is 0 Å². The number of thiazole rings is 1. The fourth-order valence-electron chi connectivity index (χ4n) is 0.781. The van der Waals surface area contributed by atoms with Gasteiger partial charge in [-0.15, -0.1) is 34.2 Å². The fraction of sp³-hybridized carbons (Fsp3) is 0.167. The predicted molar refractivity (Wildman–Crippen MR) is 53.0 cm³/mol.